The summed E-state index contributed by atoms with van der Waals surface area (Å²) in [4.78, 5) is 16.5. The molecule has 112 valence electrons. The molecule has 2 aromatic rings. The summed E-state index contributed by atoms with van der Waals surface area (Å²) in [5, 5.41) is 14.9. The molecule has 0 bridgehead atoms. The second-order valence-electron chi connectivity index (χ2n) is 5.43. The van der Waals surface area contributed by atoms with Crippen LogP contribution in [-0.4, -0.2) is 28.1 Å². The lowest BCUT2D eigenvalue weighted by molar-refractivity contribution is 0.0864. The van der Waals surface area contributed by atoms with Crippen molar-refractivity contribution in [3.8, 4) is 10.8 Å². The second kappa shape index (κ2) is 5.99. The van der Waals surface area contributed by atoms with E-state index in [1.807, 2.05) is 19.1 Å². The Labute approximate surface area is 127 Å². The molecule has 3 rings (SSSR count). The van der Waals surface area contributed by atoms with Gasteiger partial charge in [-0.2, -0.15) is 0 Å². The molecular weight excluding hydrogens is 288 g/mol. The molecule has 0 aromatic carbocycles. The van der Waals surface area contributed by atoms with Crippen LogP contribution < -0.4 is 5.32 Å². The number of hydrogen-bond donors (Lipinski definition) is 2. The zero-order valence-electron chi connectivity index (χ0n) is 11.8. The molecule has 0 radical (unpaired) electrons. The summed E-state index contributed by atoms with van der Waals surface area (Å²) >= 11 is 1.40. The maximum Gasteiger partial charge on any atom is 0.270 e. The topological polar surface area (TPSA) is 75.4 Å². The number of amides is 1. The highest BCUT2D eigenvalue weighted by Crippen LogP contribution is 2.26. The van der Waals surface area contributed by atoms with Crippen LogP contribution in [0.1, 0.15) is 41.9 Å². The molecule has 2 N–H and O–H groups in total. The molecule has 1 fully saturated rings. The third kappa shape index (κ3) is 3.33. The Hall–Kier alpha value is -1.66. The van der Waals surface area contributed by atoms with E-state index in [-0.39, 0.29) is 18.1 Å². The van der Waals surface area contributed by atoms with Crippen molar-refractivity contribution in [2.24, 2.45) is 0 Å². The first-order valence-corrected chi connectivity index (χ1v) is 8.01. The van der Waals surface area contributed by atoms with Crippen molar-refractivity contribution in [1.82, 2.24) is 10.3 Å². The van der Waals surface area contributed by atoms with E-state index in [0.29, 0.717) is 16.5 Å². The quantitative estimate of drug-likeness (QED) is 0.914. The minimum atomic E-state index is -0.216. The maximum absolute atomic E-state index is 12.2. The van der Waals surface area contributed by atoms with Gasteiger partial charge >= 0.3 is 0 Å². The fourth-order valence-corrected chi connectivity index (χ4v) is 3.28. The molecular formula is C15H18N2O3S. The fraction of sp³-hybridized carbons (Fsp3) is 0.467. The van der Waals surface area contributed by atoms with Crippen LogP contribution in [0.5, 0.6) is 0 Å². The Morgan fingerprint density at radius 2 is 2.14 bits per heavy atom. The Morgan fingerprint density at radius 3 is 2.81 bits per heavy atom. The first kappa shape index (κ1) is 14.3. The van der Waals surface area contributed by atoms with Crippen molar-refractivity contribution in [2.45, 2.75) is 44.8 Å². The number of furan rings is 1. The van der Waals surface area contributed by atoms with Gasteiger partial charge < -0.3 is 14.8 Å². The molecule has 2 heterocycles. The molecule has 1 saturated carbocycles. The van der Waals surface area contributed by atoms with Gasteiger partial charge in [0, 0.05) is 11.4 Å². The average molecular weight is 306 g/mol. The number of carbonyl (C=O) groups excluding carboxylic acids is 1. The summed E-state index contributed by atoms with van der Waals surface area (Å²) in [5.41, 5.74) is 0.426. The van der Waals surface area contributed by atoms with Gasteiger partial charge in [-0.1, -0.05) is 0 Å². The van der Waals surface area contributed by atoms with Crippen LogP contribution in [0.3, 0.4) is 0 Å². The Kier molecular flexibility index (Phi) is 4.07. The van der Waals surface area contributed by atoms with Gasteiger partial charge in [0.25, 0.3) is 5.91 Å². The van der Waals surface area contributed by atoms with Gasteiger partial charge in [0.05, 0.1) is 6.10 Å². The number of aliphatic hydroxyl groups excluding tert-OH is 1. The van der Waals surface area contributed by atoms with Gasteiger partial charge in [0.2, 0.25) is 0 Å². The smallest absolute Gasteiger partial charge is 0.270 e. The van der Waals surface area contributed by atoms with Gasteiger partial charge in [-0.3, -0.25) is 4.79 Å². The van der Waals surface area contributed by atoms with E-state index < -0.39 is 0 Å². The Balaban J connectivity index is 1.64. The van der Waals surface area contributed by atoms with Crippen molar-refractivity contribution < 1.29 is 14.3 Å². The lowest BCUT2D eigenvalue weighted by Gasteiger charge is -2.25. The van der Waals surface area contributed by atoms with E-state index in [1.165, 1.54) is 11.3 Å². The minimum Gasteiger partial charge on any atom is -0.459 e. The van der Waals surface area contributed by atoms with Crippen LogP contribution in [-0.2, 0) is 0 Å². The summed E-state index contributed by atoms with van der Waals surface area (Å²) in [6, 6.07) is 3.87. The van der Waals surface area contributed by atoms with E-state index in [9.17, 15) is 9.90 Å². The molecule has 0 saturated heterocycles. The van der Waals surface area contributed by atoms with Crippen molar-refractivity contribution in [1.29, 1.82) is 0 Å². The zero-order chi connectivity index (χ0) is 14.8. The van der Waals surface area contributed by atoms with Crippen LogP contribution in [0.15, 0.2) is 21.9 Å². The highest BCUT2D eigenvalue weighted by molar-refractivity contribution is 7.13. The number of thiazole rings is 1. The van der Waals surface area contributed by atoms with Crippen LogP contribution in [0.25, 0.3) is 10.8 Å². The standard InChI is InChI=1S/C15H18N2O3S/c1-9-2-7-13(20-9)15-17-12(8-21-15)14(19)16-10-3-5-11(18)6-4-10/h2,7-8,10-11,18H,3-6H2,1H3,(H,16,19). The van der Waals surface area contributed by atoms with Crippen LogP contribution in [0.4, 0.5) is 0 Å². The van der Waals surface area contributed by atoms with Crippen molar-refractivity contribution >= 4 is 17.2 Å². The Morgan fingerprint density at radius 1 is 1.38 bits per heavy atom. The number of carbonyl (C=O) groups is 1. The normalized spacial score (nSPS) is 22.2. The van der Waals surface area contributed by atoms with E-state index in [0.717, 1.165) is 31.4 Å². The molecule has 0 atom stereocenters. The summed E-state index contributed by atoms with van der Waals surface area (Å²) in [6.45, 7) is 1.88. The van der Waals surface area contributed by atoms with E-state index in [2.05, 4.69) is 10.3 Å². The number of rotatable bonds is 3. The SMILES string of the molecule is Cc1ccc(-c2nc(C(=O)NC3CCC(O)CC3)cs2)o1. The first-order chi connectivity index (χ1) is 10.1. The molecule has 2 aromatic heterocycles. The van der Waals surface area contributed by atoms with E-state index >= 15 is 0 Å². The third-order valence-corrected chi connectivity index (χ3v) is 4.58. The average Bonchev–Trinajstić information content (AvgIpc) is 3.10. The molecule has 1 aliphatic rings. The predicted octanol–water partition coefficient (Wildman–Crippen LogP) is 2.74. The summed E-state index contributed by atoms with van der Waals surface area (Å²) in [7, 11) is 0. The summed E-state index contributed by atoms with van der Waals surface area (Å²) in [6.07, 6.45) is 2.92. The monoisotopic (exact) mass is 306 g/mol. The molecule has 0 unspecified atom stereocenters. The van der Waals surface area contributed by atoms with E-state index in [1.54, 1.807) is 5.38 Å². The second-order valence-corrected chi connectivity index (χ2v) is 6.29. The number of hydrogen-bond acceptors (Lipinski definition) is 5. The van der Waals surface area contributed by atoms with Crippen molar-refractivity contribution in [3.63, 3.8) is 0 Å². The molecule has 21 heavy (non-hydrogen) atoms. The lowest BCUT2D eigenvalue weighted by Crippen LogP contribution is -2.38. The van der Waals surface area contributed by atoms with Crippen LogP contribution in [0.2, 0.25) is 0 Å². The minimum absolute atomic E-state index is 0.136. The van der Waals surface area contributed by atoms with Crippen LogP contribution in [0, 0.1) is 6.92 Å². The summed E-state index contributed by atoms with van der Waals surface area (Å²) < 4.78 is 5.51. The number of aliphatic hydroxyl groups is 1. The fourth-order valence-electron chi connectivity index (χ4n) is 2.52. The zero-order valence-corrected chi connectivity index (χ0v) is 12.7. The number of aromatic nitrogens is 1. The predicted molar refractivity (Wildman–Crippen MR) is 80.3 cm³/mol. The van der Waals surface area contributed by atoms with Gasteiger partial charge in [0.1, 0.15) is 11.5 Å². The maximum atomic E-state index is 12.2. The van der Waals surface area contributed by atoms with E-state index in [4.69, 9.17) is 4.42 Å². The van der Waals surface area contributed by atoms with Gasteiger partial charge in [0.15, 0.2) is 10.8 Å². The largest absolute Gasteiger partial charge is 0.459 e. The number of aryl methyl sites for hydroxylation is 1. The lowest BCUT2D eigenvalue weighted by atomic mass is 9.93. The van der Waals surface area contributed by atoms with Gasteiger partial charge in [-0.25, -0.2) is 4.98 Å². The van der Waals surface area contributed by atoms with Gasteiger partial charge in [-0.05, 0) is 44.7 Å². The van der Waals surface area contributed by atoms with Crippen molar-refractivity contribution in [2.75, 3.05) is 0 Å². The number of nitrogens with zero attached hydrogens (tertiary/aromatic N) is 1. The molecule has 5 nitrogen and oxygen atoms in total. The summed E-state index contributed by atoms with van der Waals surface area (Å²) in [5.74, 6) is 1.37. The third-order valence-electron chi connectivity index (χ3n) is 3.72. The van der Waals surface area contributed by atoms with Crippen molar-refractivity contribution in [3.05, 3.63) is 29.0 Å². The molecule has 1 amide bonds. The highest BCUT2D eigenvalue weighted by atomic mass is 32.1. The molecule has 0 spiro atoms. The first-order valence-electron chi connectivity index (χ1n) is 7.13. The molecule has 0 aliphatic heterocycles. The van der Waals surface area contributed by atoms with Crippen LogP contribution >= 0.6 is 11.3 Å². The Bertz CT molecular complexity index is 626. The number of nitrogens with one attached hydrogen (secondary N) is 1. The molecule has 6 heteroatoms. The highest BCUT2D eigenvalue weighted by Gasteiger charge is 2.22. The van der Waals surface area contributed by atoms with Gasteiger partial charge in [-0.15, -0.1) is 11.3 Å². The molecule has 1 aliphatic carbocycles.